The Bertz CT molecular complexity index is 1260. The standard InChI is InChI=1S/C25H34N6O5S/c1-5-17-6-8-18(9-7-17)22(15-28-2)30-25(33)21(26)16-31(27)13-12-29-24(32)20-14-19(37(4,34)35)10-11-23(20)36-3/h6-11,14-16,22H,5,12-13,26-27H2,1-4H3,(H,29,32)(H,30,33)/p+1/b21-16-,28-15?. The lowest BCUT2D eigenvalue weighted by molar-refractivity contribution is -0.300. The van der Waals surface area contributed by atoms with E-state index in [1.807, 2.05) is 24.3 Å². The Labute approximate surface area is 217 Å². The van der Waals surface area contributed by atoms with Crippen LogP contribution in [0.25, 0.3) is 0 Å². The van der Waals surface area contributed by atoms with E-state index >= 15 is 0 Å². The normalized spacial score (nSPS) is 12.8. The van der Waals surface area contributed by atoms with Gasteiger partial charge in [0.1, 0.15) is 5.75 Å². The number of ether oxygens (including phenoxy) is 1. The molecule has 0 aliphatic heterocycles. The number of sulfone groups is 1. The number of nitrogens with two attached hydrogens (primary N) is 1. The number of hydrogen-bond donors (Lipinski definition) is 4. The molecule has 7 N–H and O–H groups in total. The second-order valence-electron chi connectivity index (χ2n) is 8.24. The molecular weight excluding hydrogens is 496 g/mol. The van der Waals surface area contributed by atoms with Crippen molar-refractivity contribution in [1.29, 1.82) is 0 Å². The summed E-state index contributed by atoms with van der Waals surface area (Å²) >= 11 is 0. The average Bonchev–Trinajstić information content (AvgIpc) is 2.87. The number of amides is 2. The number of hydrazine groups is 1. The number of nitrogens with one attached hydrogen (secondary N) is 2. The SMILES string of the molecule is CCc1ccc(C(C=NC)NC(=O)/C([NH3+])=C/N(N)CCNC(=O)c2cc(S(C)(=O)=O)ccc2OC)cc1. The summed E-state index contributed by atoms with van der Waals surface area (Å²) in [6.45, 7) is 2.34. The van der Waals surface area contributed by atoms with Crippen LogP contribution in [0, 0.1) is 0 Å². The quantitative estimate of drug-likeness (QED) is 0.131. The summed E-state index contributed by atoms with van der Waals surface area (Å²) in [6, 6.07) is 11.5. The summed E-state index contributed by atoms with van der Waals surface area (Å²) in [7, 11) is -0.484. The van der Waals surface area contributed by atoms with Crippen molar-refractivity contribution < 1.29 is 28.5 Å². The maximum absolute atomic E-state index is 12.7. The first-order valence-electron chi connectivity index (χ1n) is 11.5. The number of carbonyl (C=O) groups excluding carboxylic acids is 2. The highest BCUT2D eigenvalue weighted by Gasteiger charge is 2.19. The van der Waals surface area contributed by atoms with Gasteiger partial charge < -0.3 is 26.1 Å². The van der Waals surface area contributed by atoms with Crippen molar-refractivity contribution in [2.45, 2.75) is 24.3 Å². The van der Waals surface area contributed by atoms with Gasteiger partial charge in [-0.2, -0.15) is 0 Å². The highest BCUT2D eigenvalue weighted by molar-refractivity contribution is 7.90. The van der Waals surface area contributed by atoms with Crippen LogP contribution in [0.3, 0.4) is 0 Å². The van der Waals surface area contributed by atoms with E-state index in [9.17, 15) is 18.0 Å². The molecule has 0 heterocycles. The van der Waals surface area contributed by atoms with E-state index in [4.69, 9.17) is 10.6 Å². The van der Waals surface area contributed by atoms with Gasteiger partial charge in [0.05, 0.1) is 36.4 Å². The third-order valence-corrected chi connectivity index (χ3v) is 6.55. The van der Waals surface area contributed by atoms with Crippen LogP contribution in [-0.2, 0) is 21.1 Å². The molecule has 0 aliphatic rings. The Morgan fingerprint density at radius 1 is 1.22 bits per heavy atom. The number of aryl methyl sites for hydroxylation is 1. The van der Waals surface area contributed by atoms with E-state index in [0.717, 1.165) is 18.2 Å². The third-order valence-electron chi connectivity index (χ3n) is 5.44. The summed E-state index contributed by atoms with van der Waals surface area (Å²) < 4.78 is 28.8. The van der Waals surface area contributed by atoms with E-state index in [0.29, 0.717) is 0 Å². The highest BCUT2D eigenvalue weighted by Crippen LogP contribution is 2.22. The molecule has 1 atom stereocenters. The van der Waals surface area contributed by atoms with Gasteiger partial charge in [0, 0.05) is 26.1 Å². The summed E-state index contributed by atoms with van der Waals surface area (Å²) in [5, 5.41) is 6.76. The number of methoxy groups -OCH3 is 1. The van der Waals surface area contributed by atoms with Crippen LogP contribution in [0.2, 0.25) is 0 Å². The Hall–Kier alpha value is -3.74. The molecule has 11 nitrogen and oxygen atoms in total. The van der Waals surface area contributed by atoms with Crippen molar-refractivity contribution in [1.82, 2.24) is 15.6 Å². The number of hydrogen-bond acceptors (Lipinski definition) is 8. The maximum Gasteiger partial charge on any atom is 0.307 e. The van der Waals surface area contributed by atoms with Gasteiger partial charge in [-0.15, -0.1) is 0 Å². The zero-order valence-electron chi connectivity index (χ0n) is 21.5. The molecule has 0 spiro atoms. The zero-order chi connectivity index (χ0) is 27.6. The Kier molecular flexibility index (Phi) is 10.8. The number of quaternary nitrogens is 1. The minimum atomic E-state index is -3.50. The van der Waals surface area contributed by atoms with E-state index in [1.165, 1.54) is 42.1 Å². The van der Waals surface area contributed by atoms with Crippen LogP contribution in [0.15, 0.2) is 64.2 Å². The Morgan fingerprint density at radius 2 is 1.89 bits per heavy atom. The van der Waals surface area contributed by atoms with Crippen LogP contribution >= 0.6 is 0 Å². The first kappa shape index (κ1) is 29.5. The molecule has 0 fully saturated rings. The molecule has 2 aromatic carbocycles. The lowest BCUT2D eigenvalue weighted by atomic mass is 10.0. The lowest BCUT2D eigenvalue weighted by Gasteiger charge is -2.17. The largest absolute Gasteiger partial charge is 0.496 e. The number of nitrogens with zero attached hydrogens (tertiary/aromatic N) is 2. The second-order valence-corrected chi connectivity index (χ2v) is 10.3. The molecule has 2 rings (SSSR count). The number of rotatable bonds is 12. The predicted octanol–water partition coefficient (Wildman–Crippen LogP) is 0.208. The number of aliphatic imine (C=N–C) groups is 1. The molecule has 12 heteroatoms. The van der Waals surface area contributed by atoms with Crippen molar-refractivity contribution in [3.8, 4) is 5.75 Å². The first-order valence-corrected chi connectivity index (χ1v) is 13.4. The molecule has 200 valence electrons. The zero-order valence-corrected chi connectivity index (χ0v) is 22.3. The fourth-order valence-corrected chi connectivity index (χ4v) is 4.01. The van der Waals surface area contributed by atoms with Crippen LogP contribution < -0.4 is 26.9 Å². The van der Waals surface area contributed by atoms with Crippen molar-refractivity contribution in [3.05, 3.63) is 71.1 Å². The predicted molar refractivity (Wildman–Crippen MR) is 141 cm³/mol. The van der Waals surface area contributed by atoms with Crippen molar-refractivity contribution in [2.75, 3.05) is 33.5 Å². The maximum atomic E-state index is 12.7. The van der Waals surface area contributed by atoms with Crippen LogP contribution in [0.4, 0.5) is 0 Å². The summed E-state index contributed by atoms with van der Waals surface area (Å²) in [6.07, 6.45) is 4.97. The third kappa shape index (κ3) is 8.70. The smallest absolute Gasteiger partial charge is 0.307 e. The van der Waals surface area contributed by atoms with E-state index in [-0.39, 0.29) is 35.0 Å². The molecule has 0 radical (unpaired) electrons. The molecule has 1 unspecified atom stereocenters. The van der Waals surface area contributed by atoms with E-state index < -0.39 is 27.7 Å². The monoisotopic (exact) mass is 531 g/mol. The van der Waals surface area contributed by atoms with Gasteiger partial charge in [-0.05, 0) is 35.7 Å². The minimum Gasteiger partial charge on any atom is -0.496 e. The number of benzene rings is 2. The second kappa shape index (κ2) is 13.5. The van der Waals surface area contributed by atoms with Crippen LogP contribution in [-0.4, -0.2) is 65.0 Å². The summed E-state index contributed by atoms with van der Waals surface area (Å²) in [5.74, 6) is 5.25. The summed E-state index contributed by atoms with van der Waals surface area (Å²) in [5.41, 5.74) is 6.05. The van der Waals surface area contributed by atoms with Gasteiger partial charge in [-0.1, -0.05) is 31.2 Å². The summed E-state index contributed by atoms with van der Waals surface area (Å²) in [4.78, 5) is 29.4. The van der Waals surface area contributed by atoms with E-state index in [1.54, 1.807) is 13.3 Å². The molecule has 0 bridgehead atoms. The van der Waals surface area contributed by atoms with Crippen LogP contribution in [0.5, 0.6) is 5.75 Å². The fraction of sp³-hybridized carbons (Fsp3) is 0.320. The molecule has 2 amide bonds. The molecule has 2 aromatic rings. The van der Waals surface area contributed by atoms with Gasteiger partial charge in [-0.3, -0.25) is 14.6 Å². The molecule has 0 aliphatic carbocycles. The Balaban J connectivity index is 1.98. The average molecular weight is 532 g/mol. The molecule has 0 aromatic heterocycles. The van der Waals surface area contributed by atoms with Gasteiger partial charge in [-0.25, -0.2) is 14.3 Å². The van der Waals surface area contributed by atoms with E-state index in [2.05, 4.69) is 28.3 Å². The molecular formula is C25H35N6O5S+. The lowest BCUT2D eigenvalue weighted by Crippen LogP contribution is -2.56. The van der Waals surface area contributed by atoms with Crippen molar-refractivity contribution in [2.24, 2.45) is 10.8 Å². The molecule has 37 heavy (non-hydrogen) atoms. The van der Waals surface area contributed by atoms with Gasteiger partial charge in [0.15, 0.2) is 9.84 Å². The number of carbonyl (C=O) groups is 2. The van der Waals surface area contributed by atoms with Gasteiger partial charge in [0.25, 0.3) is 5.91 Å². The molecule has 0 saturated heterocycles. The fourth-order valence-electron chi connectivity index (χ4n) is 3.36. The van der Waals surface area contributed by atoms with Crippen LogP contribution in [0.1, 0.15) is 34.5 Å². The first-order chi connectivity index (χ1) is 17.5. The highest BCUT2D eigenvalue weighted by atomic mass is 32.2. The topological polar surface area (TPSA) is 171 Å². The molecule has 0 saturated carbocycles. The Morgan fingerprint density at radius 3 is 2.46 bits per heavy atom. The van der Waals surface area contributed by atoms with Gasteiger partial charge in [0.2, 0.25) is 5.70 Å². The van der Waals surface area contributed by atoms with Crippen molar-refractivity contribution in [3.63, 3.8) is 0 Å². The van der Waals surface area contributed by atoms with Gasteiger partial charge >= 0.3 is 5.91 Å². The van der Waals surface area contributed by atoms with Crippen molar-refractivity contribution >= 4 is 27.9 Å². The minimum absolute atomic E-state index is 0.00211.